The van der Waals surface area contributed by atoms with Crippen molar-refractivity contribution in [3.63, 3.8) is 0 Å². The SMILES string of the molecule is C[C@@H]1C(=O)N[C@@H]1CO. The van der Waals surface area contributed by atoms with Gasteiger partial charge in [-0.15, -0.1) is 0 Å². The first-order valence-corrected chi connectivity index (χ1v) is 2.67. The summed E-state index contributed by atoms with van der Waals surface area (Å²) in [7, 11) is 0. The van der Waals surface area contributed by atoms with Crippen LogP contribution in [0.25, 0.3) is 0 Å². The van der Waals surface area contributed by atoms with Gasteiger partial charge in [-0.1, -0.05) is 6.92 Å². The van der Waals surface area contributed by atoms with Gasteiger partial charge in [0.2, 0.25) is 5.91 Å². The molecule has 0 radical (unpaired) electrons. The summed E-state index contributed by atoms with van der Waals surface area (Å²) in [5.74, 6) is 0.0593. The molecule has 2 N–H and O–H groups in total. The number of rotatable bonds is 1. The van der Waals surface area contributed by atoms with Crippen LogP contribution in [0.3, 0.4) is 0 Å². The van der Waals surface area contributed by atoms with Gasteiger partial charge in [0.1, 0.15) is 0 Å². The lowest BCUT2D eigenvalue weighted by atomic mass is 9.94. The van der Waals surface area contributed by atoms with E-state index in [1.807, 2.05) is 0 Å². The van der Waals surface area contributed by atoms with Gasteiger partial charge in [-0.05, 0) is 0 Å². The van der Waals surface area contributed by atoms with Crippen molar-refractivity contribution < 1.29 is 9.90 Å². The molecule has 8 heavy (non-hydrogen) atoms. The summed E-state index contributed by atoms with van der Waals surface area (Å²) < 4.78 is 0. The molecule has 1 heterocycles. The number of nitrogens with one attached hydrogen (secondary N) is 1. The summed E-state index contributed by atoms with van der Waals surface area (Å²) >= 11 is 0. The minimum absolute atomic E-state index is 0.0139. The van der Waals surface area contributed by atoms with Crippen LogP contribution in [0, 0.1) is 5.92 Å². The molecule has 0 aliphatic carbocycles. The van der Waals surface area contributed by atoms with Gasteiger partial charge in [-0.3, -0.25) is 4.79 Å². The van der Waals surface area contributed by atoms with Gasteiger partial charge in [0.05, 0.1) is 18.6 Å². The molecule has 1 fully saturated rings. The minimum Gasteiger partial charge on any atom is -0.394 e. The molecule has 0 aromatic carbocycles. The Hall–Kier alpha value is -0.570. The highest BCUT2D eigenvalue weighted by molar-refractivity contribution is 5.85. The molecule has 0 saturated carbocycles. The maximum Gasteiger partial charge on any atom is 0.225 e. The van der Waals surface area contributed by atoms with Gasteiger partial charge in [0, 0.05) is 0 Å². The summed E-state index contributed by atoms with van der Waals surface area (Å²) in [6, 6.07) is 0.0162. The summed E-state index contributed by atoms with van der Waals surface area (Å²) in [6.07, 6.45) is 0. The molecule has 0 aromatic rings. The van der Waals surface area contributed by atoms with E-state index in [9.17, 15) is 4.79 Å². The van der Waals surface area contributed by atoms with Gasteiger partial charge >= 0.3 is 0 Å². The predicted octanol–water partition coefficient (Wildman–Crippen LogP) is -0.887. The standard InChI is InChI=1S/C5H9NO2/c1-3-4(2-7)6-5(3)8/h3-4,7H,2H2,1H3,(H,6,8)/t3-,4+/m0/s1. The predicted molar refractivity (Wildman–Crippen MR) is 28.2 cm³/mol. The van der Waals surface area contributed by atoms with Crippen molar-refractivity contribution in [1.29, 1.82) is 0 Å². The van der Waals surface area contributed by atoms with Crippen molar-refractivity contribution in [2.75, 3.05) is 6.61 Å². The highest BCUT2D eigenvalue weighted by atomic mass is 16.3. The molecule has 1 aliphatic rings. The van der Waals surface area contributed by atoms with E-state index in [0.29, 0.717) is 0 Å². The average molecular weight is 115 g/mol. The fourth-order valence-corrected chi connectivity index (χ4v) is 0.729. The van der Waals surface area contributed by atoms with Crippen LogP contribution in [0.5, 0.6) is 0 Å². The number of carbonyl (C=O) groups is 1. The third-order valence-electron chi connectivity index (χ3n) is 1.54. The number of aliphatic hydroxyl groups excluding tert-OH is 1. The van der Waals surface area contributed by atoms with Crippen molar-refractivity contribution in [3.8, 4) is 0 Å². The number of carbonyl (C=O) groups excluding carboxylic acids is 1. The first-order chi connectivity index (χ1) is 3.75. The molecular weight excluding hydrogens is 106 g/mol. The maximum absolute atomic E-state index is 10.4. The lowest BCUT2D eigenvalue weighted by Gasteiger charge is -2.32. The van der Waals surface area contributed by atoms with E-state index in [1.54, 1.807) is 6.92 Å². The van der Waals surface area contributed by atoms with E-state index in [-0.39, 0.29) is 24.5 Å². The van der Waals surface area contributed by atoms with Crippen LogP contribution in [-0.4, -0.2) is 23.7 Å². The minimum atomic E-state index is 0.0139. The zero-order valence-electron chi connectivity index (χ0n) is 4.72. The van der Waals surface area contributed by atoms with Crippen LogP contribution in [0.4, 0.5) is 0 Å². The van der Waals surface area contributed by atoms with Gasteiger partial charge in [0.15, 0.2) is 0 Å². The third kappa shape index (κ3) is 0.591. The number of amides is 1. The van der Waals surface area contributed by atoms with Crippen LogP contribution < -0.4 is 5.32 Å². The summed E-state index contributed by atoms with van der Waals surface area (Å²) in [4.78, 5) is 10.4. The topological polar surface area (TPSA) is 49.3 Å². The Labute approximate surface area is 47.7 Å². The summed E-state index contributed by atoms with van der Waals surface area (Å²) in [5.41, 5.74) is 0. The van der Waals surface area contributed by atoms with Gasteiger partial charge in [-0.25, -0.2) is 0 Å². The Morgan fingerprint density at radius 1 is 1.88 bits per heavy atom. The van der Waals surface area contributed by atoms with Crippen molar-refractivity contribution >= 4 is 5.91 Å². The zero-order valence-corrected chi connectivity index (χ0v) is 4.72. The monoisotopic (exact) mass is 115 g/mol. The molecule has 2 atom stereocenters. The van der Waals surface area contributed by atoms with Crippen molar-refractivity contribution in [2.45, 2.75) is 13.0 Å². The first-order valence-electron chi connectivity index (χ1n) is 2.67. The molecule has 1 rings (SSSR count). The molecule has 1 aliphatic heterocycles. The van der Waals surface area contributed by atoms with E-state index in [2.05, 4.69) is 5.32 Å². The molecule has 1 amide bonds. The van der Waals surface area contributed by atoms with E-state index >= 15 is 0 Å². The van der Waals surface area contributed by atoms with E-state index in [1.165, 1.54) is 0 Å². The van der Waals surface area contributed by atoms with Crippen LogP contribution in [0.15, 0.2) is 0 Å². The highest BCUT2D eigenvalue weighted by Gasteiger charge is 2.33. The Balaban J connectivity index is 2.35. The quantitative estimate of drug-likeness (QED) is 0.436. The van der Waals surface area contributed by atoms with E-state index in [4.69, 9.17) is 5.11 Å². The fraction of sp³-hybridized carbons (Fsp3) is 0.800. The molecule has 0 unspecified atom stereocenters. The second-order valence-corrected chi connectivity index (χ2v) is 2.09. The molecule has 1 saturated heterocycles. The molecular formula is C5H9NO2. The van der Waals surface area contributed by atoms with Crippen molar-refractivity contribution in [3.05, 3.63) is 0 Å². The van der Waals surface area contributed by atoms with Gasteiger partial charge in [0.25, 0.3) is 0 Å². The second-order valence-electron chi connectivity index (χ2n) is 2.09. The Morgan fingerprint density at radius 3 is 2.62 bits per heavy atom. The molecule has 0 bridgehead atoms. The molecule has 0 aromatic heterocycles. The number of aliphatic hydroxyl groups is 1. The number of hydrogen-bond donors (Lipinski definition) is 2. The van der Waals surface area contributed by atoms with Gasteiger partial charge in [-0.2, -0.15) is 0 Å². The van der Waals surface area contributed by atoms with Crippen molar-refractivity contribution in [1.82, 2.24) is 5.32 Å². The van der Waals surface area contributed by atoms with E-state index in [0.717, 1.165) is 0 Å². The van der Waals surface area contributed by atoms with Crippen LogP contribution in [0.1, 0.15) is 6.92 Å². The van der Waals surface area contributed by atoms with Gasteiger partial charge < -0.3 is 10.4 Å². The molecule has 3 nitrogen and oxygen atoms in total. The Bertz CT molecular complexity index is 113. The molecule has 0 spiro atoms. The Morgan fingerprint density at radius 2 is 2.50 bits per heavy atom. The third-order valence-corrected chi connectivity index (χ3v) is 1.54. The summed E-state index contributed by atoms with van der Waals surface area (Å²) in [5, 5.41) is 11.0. The van der Waals surface area contributed by atoms with Crippen molar-refractivity contribution in [2.24, 2.45) is 5.92 Å². The lowest BCUT2D eigenvalue weighted by molar-refractivity contribution is -0.135. The zero-order chi connectivity index (χ0) is 6.15. The number of β-lactam (4-membered cyclic amide) rings is 1. The molecule has 3 heteroatoms. The lowest BCUT2D eigenvalue weighted by Crippen LogP contribution is -2.58. The van der Waals surface area contributed by atoms with E-state index < -0.39 is 0 Å². The molecule has 46 valence electrons. The largest absolute Gasteiger partial charge is 0.394 e. The smallest absolute Gasteiger partial charge is 0.225 e. The summed E-state index contributed by atoms with van der Waals surface area (Å²) in [6.45, 7) is 1.87. The fourth-order valence-electron chi connectivity index (χ4n) is 0.729. The van der Waals surface area contributed by atoms with Crippen LogP contribution >= 0.6 is 0 Å². The highest BCUT2D eigenvalue weighted by Crippen LogP contribution is 2.11. The maximum atomic E-state index is 10.4. The first kappa shape index (κ1) is 5.56. The normalized spacial score (nSPS) is 36.0. The second kappa shape index (κ2) is 1.74. The Kier molecular flexibility index (Phi) is 1.21. The average Bonchev–Trinajstić information content (AvgIpc) is 1.81. The van der Waals surface area contributed by atoms with Crippen LogP contribution in [0.2, 0.25) is 0 Å². The van der Waals surface area contributed by atoms with Crippen LogP contribution in [-0.2, 0) is 4.79 Å². The number of hydrogen-bond acceptors (Lipinski definition) is 2.